The second-order valence-corrected chi connectivity index (χ2v) is 11.4. The van der Waals surface area contributed by atoms with Crippen LogP contribution in [0.15, 0.2) is 53.8 Å². The Kier molecular flexibility index (Phi) is 7.11. The number of halogens is 3. The lowest BCUT2D eigenvalue weighted by atomic mass is 9.96. The molecule has 5 rings (SSSR count). The first-order chi connectivity index (χ1) is 18.5. The average molecular weight is 564 g/mol. The molecule has 0 bridgehead atoms. The Bertz CT molecular complexity index is 1580. The number of methoxy groups -OCH3 is 1. The van der Waals surface area contributed by atoms with E-state index in [9.17, 15) is 21.6 Å². The molecular formula is C25H28F3N7O3S. The van der Waals surface area contributed by atoms with Crippen LogP contribution in [-0.2, 0) is 17.1 Å². The Balaban J connectivity index is 1.51. The zero-order chi connectivity index (χ0) is 27.9. The van der Waals surface area contributed by atoms with Crippen LogP contribution >= 0.6 is 0 Å². The highest BCUT2D eigenvalue weighted by atomic mass is 32.2. The number of nitrogens with zero attached hydrogens (tertiary/aromatic N) is 7. The van der Waals surface area contributed by atoms with Crippen LogP contribution in [0.5, 0.6) is 5.75 Å². The predicted octanol–water partition coefficient (Wildman–Crippen LogP) is 3.47. The Labute approximate surface area is 223 Å². The van der Waals surface area contributed by atoms with E-state index in [1.54, 1.807) is 22.9 Å². The first kappa shape index (κ1) is 27.1. The molecule has 0 N–H and O–H groups in total. The molecule has 1 atom stereocenters. The summed E-state index contributed by atoms with van der Waals surface area (Å²) in [6.07, 6.45) is -2.45. The van der Waals surface area contributed by atoms with Gasteiger partial charge in [0.2, 0.25) is 5.03 Å². The van der Waals surface area contributed by atoms with E-state index in [0.717, 1.165) is 32.5 Å². The molecule has 1 saturated heterocycles. The maximum absolute atomic E-state index is 13.3. The largest absolute Gasteiger partial charge is 0.497 e. The molecule has 10 nitrogen and oxygen atoms in total. The highest BCUT2D eigenvalue weighted by molar-refractivity contribution is 7.89. The highest BCUT2D eigenvalue weighted by Gasteiger charge is 2.38. The van der Waals surface area contributed by atoms with E-state index in [4.69, 9.17) is 4.74 Å². The van der Waals surface area contributed by atoms with Gasteiger partial charge in [-0.3, -0.25) is 4.90 Å². The van der Waals surface area contributed by atoms with Crippen LogP contribution < -0.4 is 4.74 Å². The lowest BCUT2D eigenvalue weighted by Gasteiger charge is -2.41. The van der Waals surface area contributed by atoms with E-state index in [1.165, 1.54) is 17.5 Å². The van der Waals surface area contributed by atoms with Gasteiger partial charge in [0.15, 0.2) is 0 Å². The number of hydrogen-bond donors (Lipinski definition) is 0. The number of piperazine rings is 1. The number of ether oxygens (including phenoxy) is 1. The van der Waals surface area contributed by atoms with Crippen molar-refractivity contribution in [3.05, 3.63) is 59.9 Å². The molecule has 4 aromatic rings. The number of sulfonamides is 1. The molecule has 1 unspecified atom stereocenters. The third-order valence-corrected chi connectivity index (χ3v) is 8.68. The van der Waals surface area contributed by atoms with Crippen molar-refractivity contribution >= 4 is 20.9 Å². The van der Waals surface area contributed by atoms with Crippen LogP contribution in [0.1, 0.15) is 23.6 Å². The van der Waals surface area contributed by atoms with Crippen molar-refractivity contribution in [1.82, 2.24) is 34.0 Å². The van der Waals surface area contributed by atoms with Crippen molar-refractivity contribution in [3.8, 4) is 11.4 Å². The van der Waals surface area contributed by atoms with Crippen LogP contribution in [0, 0.1) is 6.92 Å². The van der Waals surface area contributed by atoms with Gasteiger partial charge in [0.1, 0.15) is 5.75 Å². The fourth-order valence-corrected chi connectivity index (χ4v) is 6.23. The van der Waals surface area contributed by atoms with Crippen LogP contribution in [0.25, 0.3) is 16.6 Å². The fraction of sp³-hybridized carbons (Fsp3) is 0.400. The lowest BCUT2D eigenvalue weighted by molar-refractivity contribution is -0.140. The lowest BCUT2D eigenvalue weighted by Crippen LogP contribution is -2.51. The summed E-state index contributed by atoms with van der Waals surface area (Å²) in [5.74, 6) is 0.714. The number of alkyl halides is 3. The molecule has 2 aromatic carbocycles. The predicted molar refractivity (Wildman–Crippen MR) is 137 cm³/mol. The summed E-state index contributed by atoms with van der Waals surface area (Å²) < 4.78 is 74.3. The SMILES string of the molecule is COc1ccc(-n2ncc3cc(C4CN(S(=O)(=O)c5cnn(C)n5)CCN4CCC(F)(F)F)c(C)cc32)cc1. The van der Waals surface area contributed by atoms with E-state index in [-0.39, 0.29) is 31.2 Å². The summed E-state index contributed by atoms with van der Waals surface area (Å²) in [5.41, 5.74) is 3.21. The molecule has 1 aliphatic heterocycles. The molecule has 208 valence electrons. The summed E-state index contributed by atoms with van der Waals surface area (Å²) in [4.78, 5) is 2.86. The normalized spacial score (nSPS) is 17.6. The second kappa shape index (κ2) is 10.2. The van der Waals surface area contributed by atoms with Gasteiger partial charge < -0.3 is 4.74 Å². The van der Waals surface area contributed by atoms with Gasteiger partial charge >= 0.3 is 6.18 Å². The van der Waals surface area contributed by atoms with Crippen molar-refractivity contribution in [2.75, 3.05) is 33.3 Å². The Morgan fingerprint density at radius 2 is 1.82 bits per heavy atom. The molecule has 39 heavy (non-hydrogen) atoms. The quantitative estimate of drug-likeness (QED) is 0.340. The Hall–Kier alpha value is -3.49. The number of aromatic nitrogens is 5. The Morgan fingerprint density at radius 1 is 1.08 bits per heavy atom. The van der Waals surface area contributed by atoms with Crippen LogP contribution in [0.4, 0.5) is 13.2 Å². The zero-order valence-corrected chi connectivity index (χ0v) is 22.4. The van der Waals surface area contributed by atoms with Gasteiger partial charge in [0.05, 0.1) is 37.1 Å². The Morgan fingerprint density at radius 3 is 2.46 bits per heavy atom. The third-order valence-electron chi connectivity index (χ3n) is 6.95. The molecule has 2 aromatic heterocycles. The van der Waals surface area contributed by atoms with Crippen molar-refractivity contribution in [2.24, 2.45) is 7.05 Å². The van der Waals surface area contributed by atoms with Gasteiger partial charge in [-0.2, -0.15) is 32.5 Å². The molecule has 1 aliphatic rings. The molecule has 0 saturated carbocycles. The zero-order valence-electron chi connectivity index (χ0n) is 21.6. The van der Waals surface area contributed by atoms with Gasteiger partial charge in [0.25, 0.3) is 10.0 Å². The van der Waals surface area contributed by atoms with E-state index in [0.29, 0.717) is 5.75 Å². The number of benzene rings is 2. The van der Waals surface area contributed by atoms with E-state index in [1.807, 2.05) is 43.3 Å². The molecule has 0 radical (unpaired) electrons. The molecule has 0 spiro atoms. The number of fused-ring (bicyclic) bond motifs is 1. The van der Waals surface area contributed by atoms with Crippen molar-refractivity contribution in [2.45, 2.75) is 30.6 Å². The number of aryl methyl sites for hydroxylation is 2. The molecule has 14 heteroatoms. The first-order valence-corrected chi connectivity index (χ1v) is 13.7. The summed E-state index contributed by atoms with van der Waals surface area (Å²) >= 11 is 0. The number of hydrogen-bond acceptors (Lipinski definition) is 7. The summed E-state index contributed by atoms with van der Waals surface area (Å²) in [5, 5.41) is 12.9. The smallest absolute Gasteiger partial charge is 0.390 e. The van der Waals surface area contributed by atoms with Gasteiger partial charge in [-0.05, 0) is 54.4 Å². The average Bonchev–Trinajstić information content (AvgIpc) is 3.53. The monoisotopic (exact) mass is 563 g/mol. The number of rotatable bonds is 7. The van der Waals surface area contributed by atoms with Gasteiger partial charge in [-0.25, -0.2) is 13.1 Å². The topological polar surface area (TPSA) is 98.4 Å². The molecular weight excluding hydrogens is 535 g/mol. The van der Waals surface area contributed by atoms with Crippen LogP contribution in [-0.4, -0.2) is 81.9 Å². The van der Waals surface area contributed by atoms with Gasteiger partial charge in [-0.1, -0.05) is 0 Å². The van der Waals surface area contributed by atoms with E-state index < -0.39 is 28.7 Å². The standard InChI is InChI=1S/C25H28F3N7O3S/c1-17-12-22-18(14-30-35(22)19-4-6-20(38-3)7-5-19)13-21(17)23-16-34(11-10-33(23)9-8-25(26,27)28)39(36,37)24-15-29-32(2)31-24/h4-7,12-15,23H,8-11,16H2,1-3H3. The fourth-order valence-electron chi connectivity index (χ4n) is 4.91. The summed E-state index contributed by atoms with van der Waals surface area (Å²) in [6, 6.07) is 10.6. The molecule has 0 aliphatic carbocycles. The van der Waals surface area contributed by atoms with E-state index in [2.05, 4.69) is 15.3 Å². The van der Waals surface area contributed by atoms with Crippen molar-refractivity contribution in [1.29, 1.82) is 0 Å². The van der Waals surface area contributed by atoms with Crippen molar-refractivity contribution < 1.29 is 26.3 Å². The minimum Gasteiger partial charge on any atom is -0.497 e. The van der Waals surface area contributed by atoms with Crippen molar-refractivity contribution in [3.63, 3.8) is 0 Å². The highest BCUT2D eigenvalue weighted by Crippen LogP contribution is 2.34. The molecule has 3 heterocycles. The van der Waals surface area contributed by atoms with Crippen LogP contribution in [0.3, 0.4) is 0 Å². The third kappa shape index (κ3) is 5.49. The minimum absolute atomic E-state index is 0.0181. The minimum atomic E-state index is -4.33. The summed E-state index contributed by atoms with van der Waals surface area (Å²) in [6.45, 7) is 1.80. The van der Waals surface area contributed by atoms with Gasteiger partial charge in [0, 0.05) is 44.7 Å². The maximum atomic E-state index is 13.3. The first-order valence-electron chi connectivity index (χ1n) is 12.3. The summed E-state index contributed by atoms with van der Waals surface area (Å²) in [7, 11) is -0.874. The van der Waals surface area contributed by atoms with Gasteiger partial charge in [-0.15, -0.1) is 5.10 Å². The molecule has 1 fully saturated rings. The maximum Gasteiger partial charge on any atom is 0.390 e. The molecule has 0 amide bonds. The van der Waals surface area contributed by atoms with E-state index >= 15 is 0 Å². The second-order valence-electron chi connectivity index (χ2n) is 9.47. The van der Waals surface area contributed by atoms with Crippen LogP contribution in [0.2, 0.25) is 0 Å².